The Morgan fingerprint density at radius 1 is 1.18 bits per heavy atom. The Kier molecular flexibility index (Phi) is 6.27. The average Bonchev–Trinajstić information content (AvgIpc) is 2.52. The van der Waals surface area contributed by atoms with Crippen LogP contribution in [0.4, 0.5) is 10.6 Å². The lowest BCUT2D eigenvalue weighted by molar-refractivity contribution is 0.168. The normalized spacial score (nSPS) is 10.5. The van der Waals surface area contributed by atoms with E-state index in [4.69, 9.17) is 4.74 Å². The topological polar surface area (TPSA) is 51.2 Å². The highest BCUT2D eigenvalue weighted by molar-refractivity contribution is 8.12. The van der Waals surface area contributed by atoms with Crippen LogP contribution in [0.2, 0.25) is 0 Å². The minimum Gasteiger partial charge on any atom is -0.453 e. The van der Waals surface area contributed by atoms with E-state index in [1.807, 2.05) is 48.5 Å². The van der Waals surface area contributed by atoms with Gasteiger partial charge in [0.25, 0.3) is 0 Å². The maximum atomic E-state index is 11.7. The molecule has 0 amide bonds. The maximum Gasteiger partial charge on any atom is 0.368 e. The summed E-state index contributed by atoms with van der Waals surface area (Å²) in [7, 11) is 0. The van der Waals surface area contributed by atoms with Crippen LogP contribution in [0.3, 0.4) is 0 Å². The number of aromatic nitrogens is 1. The number of carbonyl (C=O) groups excluding carboxylic acids is 1. The molecule has 0 aliphatic rings. The van der Waals surface area contributed by atoms with E-state index in [2.05, 4.69) is 24.1 Å². The summed E-state index contributed by atoms with van der Waals surface area (Å²) >= 11 is 1.12. The zero-order valence-electron chi connectivity index (χ0n) is 12.8. The van der Waals surface area contributed by atoms with Gasteiger partial charge in [-0.05, 0) is 43.3 Å². The molecule has 0 aliphatic carbocycles. The van der Waals surface area contributed by atoms with Gasteiger partial charge in [0.1, 0.15) is 12.4 Å². The molecule has 2 aromatic rings. The molecule has 1 aromatic carbocycles. The van der Waals surface area contributed by atoms with Crippen molar-refractivity contribution in [2.24, 2.45) is 0 Å². The first-order chi connectivity index (χ1) is 10.6. The molecule has 1 N–H and O–H groups in total. The van der Waals surface area contributed by atoms with Crippen molar-refractivity contribution in [1.82, 2.24) is 4.98 Å². The summed E-state index contributed by atoms with van der Waals surface area (Å²) < 4.78 is 5.23. The van der Waals surface area contributed by atoms with Crippen molar-refractivity contribution in [2.45, 2.75) is 32.2 Å². The number of pyridine rings is 1. The summed E-state index contributed by atoms with van der Waals surface area (Å²) in [6, 6.07) is 15.7. The van der Waals surface area contributed by atoms with Crippen LogP contribution >= 0.6 is 11.8 Å². The van der Waals surface area contributed by atoms with Crippen LogP contribution in [0.5, 0.6) is 0 Å². The van der Waals surface area contributed by atoms with E-state index >= 15 is 0 Å². The highest BCUT2D eigenvalue weighted by atomic mass is 32.2. The summed E-state index contributed by atoms with van der Waals surface area (Å²) in [5.41, 5.74) is 1.84. The predicted molar refractivity (Wildman–Crippen MR) is 90.9 cm³/mol. The lowest BCUT2D eigenvalue weighted by Crippen LogP contribution is -2.11. The number of hydrogen-bond donors (Lipinski definition) is 1. The highest BCUT2D eigenvalue weighted by Gasteiger charge is 2.07. The second-order valence-electron chi connectivity index (χ2n) is 5.13. The van der Waals surface area contributed by atoms with Crippen LogP contribution in [-0.4, -0.2) is 16.3 Å². The highest BCUT2D eigenvalue weighted by Crippen LogP contribution is 2.16. The van der Waals surface area contributed by atoms with E-state index in [1.54, 1.807) is 0 Å². The van der Waals surface area contributed by atoms with Crippen LogP contribution in [0.1, 0.15) is 25.1 Å². The van der Waals surface area contributed by atoms with Gasteiger partial charge >= 0.3 is 5.30 Å². The number of benzene rings is 1. The Labute approximate surface area is 135 Å². The molecule has 0 saturated carbocycles. The fourth-order valence-corrected chi connectivity index (χ4v) is 2.40. The van der Waals surface area contributed by atoms with Crippen molar-refractivity contribution >= 4 is 22.9 Å². The Balaban J connectivity index is 1.78. The van der Waals surface area contributed by atoms with Gasteiger partial charge in [-0.25, -0.2) is 9.78 Å². The summed E-state index contributed by atoms with van der Waals surface area (Å²) in [6.07, 6.45) is 0. The number of anilines is 1. The van der Waals surface area contributed by atoms with Gasteiger partial charge in [-0.3, -0.25) is 0 Å². The van der Waals surface area contributed by atoms with Gasteiger partial charge in [-0.2, -0.15) is 0 Å². The van der Waals surface area contributed by atoms with Crippen LogP contribution in [0, 0.1) is 0 Å². The third kappa shape index (κ3) is 5.77. The van der Waals surface area contributed by atoms with Crippen molar-refractivity contribution in [3.8, 4) is 0 Å². The van der Waals surface area contributed by atoms with Crippen LogP contribution in [0.25, 0.3) is 0 Å². The molecule has 5 heteroatoms. The Morgan fingerprint density at radius 2 is 1.95 bits per heavy atom. The molecule has 116 valence electrons. The molecule has 2 rings (SSSR count). The fraction of sp³-hybridized carbons (Fsp3) is 0.294. The molecule has 0 aliphatic heterocycles. The molecule has 0 radical (unpaired) electrons. The molecule has 22 heavy (non-hydrogen) atoms. The van der Waals surface area contributed by atoms with Crippen molar-refractivity contribution in [2.75, 3.05) is 5.32 Å². The first-order valence-corrected chi connectivity index (χ1v) is 8.18. The first kappa shape index (κ1) is 16.4. The number of thioether (sulfide) groups is 1. The smallest absolute Gasteiger partial charge is 0.368 e. The second-order valence-corrected chi connectivity index (χ2v) is 6.04. The molecule has 0 bridgehead atoms. The van der Waals surface area contributed by atoms with E-state index in [0.717, 1.165) is 28.8 Å². The quantitative estimate of drug-likeness (QED) is 0.797. The van der Waals surface area contributed by atoms with Gasteiger partial charge in [0.15, 0.2) is 0 Å². The average molecular weight is 316 g/mol. The van der Waals surface area contributed by atoms with Crippen molar-refractivity contribution in [1.29, 1.82) is 0 Å². The molecular formula is C17H20N2O2S. The van der Waals surface area contributed by atoms with Crippen LogP contribution in [0.15, 0.2) is 48.5 Å². The SMILES string of the molecule is CC(C)Nc1cccc(CSC(=O)OCc2ccccc2)n1. The van der Waals surface area contributed by atoms with Crippen molar-refractivity contribution in [3.05, 3.63) is 59.8 Å². The standard InChI is InChI=1S/C17H20N2O2S/c1-13(2)18-16-10-6-9-15(19-16)12-22-17(20)21-11-14-7-4-3-5-8-14/h3-10,13H,11-12H2,1-2H3,(H,18,19). The van der Waals surface area contributed by atoms with E-state index in [1.165, 1.54) is 0 Å². The minimum atomic E-state index is -0.284. The largest absolute Gasteiger partial charge is 0.453 e. The fourth-order valence-electron chi connectivity index (χ4n) is 1.83. The van der Waals surface area contributed by atoms with Gasteiger partial charge in [0.05, 0.1) is 5.69 Å². The summed E-state index contributed by atoms with van der Waals surface area (Å²) in [5, 5.41) is 2.96. The second kappa shape index (κ2) is 8.44. The van der Waals surface area contributed by atoms with Crippen molar-refractivity contribution < 1.29 is 9.53 Å². The molecule has 0 atom stereocenters. The van der Waals surface area contributed by atoms with Gasteiger partial charge in [0, 0.05) is 11.8 Å². The summed E-state index contributed by atoms with van der Waals surface area (Å²) in [4.78, 5) is 16.2. The Hall–Kier alpha value is -2.01. The third-order valence-corrected chi connectivity index (χ3v) is 3.57. The van der Waals surface area contributed by atoms with E-state index in [0.29, 0.717) is 18.4 Å². The monoisotopic (exact) mass is 316 g/mol. The maximum absolute atomic E-state index is 11.7. The summed E-state index contributed by atoms with van der Waals surface area (Å²) in [6.45, 7) is 4.42. The summed E-state index contributed by atoms with van der Waals surface area (Å²) in [5.74, 6) is 1.33. The zero-order valence-corrected chi connectivity index (χ0v) is 13.6. The van der Waals surface area contributed by atoms with Crippen LogP contribution in [-0.2, 0) is 17.1 Å². The molecule has 1 heterocycles. The third-order valence-electron chi connectivity index (χ3n) is 2.78. The lowest BCUT2D eigenvalue weighted by Gasteiger charge is -2.10. The number of carbonyl (C=O) groups is 1. The molecule has 0 saturated heterocycles. The van der Waals surface area contributed by atoms with E-state index in [-0.39, 0.29) is 5.30 Å². The number of ether oxygens (including phenoxy) is 1. The lowest BCUT2D eigenvalue weighted by atomic mass is 10.2. The van der Waals surface area contributed by atoms with E-state index < -0.39 is 0 Å². The molecule has 4 nitrogen and oxygen atoms in total. The van der Waals surface area contributed by atoms with E-state index in [9.17, 15) is 4.79 Å². The Morgan fingerprint density at radius 3 is 2.68 bits per heavy atom. The number of nitrogens with one attached hydrogen (secondary N) is 1. The molecular weight excluding hydrogens is 296 g/mol. The molecule has 1 aromatic heterocycles. The first-order valence-electron chi connectivity index (χ1n) is 7.19. The van der Waals surface area contributed by atoms with Crippen molar-refractivity contribution in [3.63, 3.8) is 0 Å². The molecule has 0 spiro atoms. The Bertz CT molecular complexity index is 603. The number of nitrogens with zero attached hydrogens (tertiary/aromatic N) is 1. The number of rotatable bonds is 6. The predicted octanol–water partition coefficient (Wildman–Crippen LogP) is 4.47. The molecule has 0 unspecified atom stereocenters. The molecule has 0 fully saturated rings. The van der Waals surface area contributed by atoms with Gasteiger partial charge in [-0.1, -0.05) is 36.4 Å². The number of hydrogen-bond acceptors (Lipinski definition) is 5. The van der Waals surface area contributed by atoms with Crippen LogP contribution < -0.4 is 5.32 Å². The van der Waals surface area contributed by atoms with Gasteiger partial charge in [-0.15, -0.1) is 0 Å². The van der Waals surface area contributed by atoms with Gasteiger partial charge in [0.2, 0.25) is 0 Å². The zero-order chi connectivity index (χ0) is 15.8. The van der Waals surface area contributed by atoms with Gasteiger partial charge < -0.3 is 10.1 Å². The minimum absolute atomic E-state index is 0.284.